The Morgan fingerprint density at radius 2 is 1.78 bits per heavy atom. The highest BCUT2D eigenvalue weighted by molar-refractivity contribution is 5.79. The molecule has 1 aliphatic rings. The van der Waals surface area contributed by atoms with Crippen LogP contribution in [0.3, 0.4) is 0 Å². The molecule has 0 saturated carbocycles. The lowest BCUT2D eigenvalue weighted by atomic mass is 9.71. The number of ether oxygens (including phenoxy) is 1. The Morgan fingerprint density at radius 3 is 2.39 bits per heavy atom. The van der Waals surface area contributed by atoms with Crippen LogP contribution in [-0.2, 0) is 24.4 Å². The summed E-state index contributed by atoms with van der Waals surface area (Å²) in [7, 11) is 0. The SMILES string of the molecule is C[C@H](N(Cc1ccc2c(c1)nc(N)n2CC1(C(C)(C)C)CCCN1C(=O)O)C(=O)OCc1ccccc1)C(C)(C)C. The van der Waals surface area contributed by atoms with E-state index in [0.29, 0.717) is 31.1 Å². The van der Waals surface area contributed by atoms with E-state index < -0.39 is 11.6 Å². The molecule has 0 spiro atoms. The molecule has 2 aromatic carbocycles. The van der Waals surface area contributed by atoms with E-state index in [1.807, 2.05) is 60.0 Å². The number of amides is 2. The maximum Gasteiger partial charge on any atom is 0.410 e. The fourth-order valence-corrected chi connectivity index (χ4v) is 5.88. The van der Waals surface area contributed by atoms with Crippen molar-refractivity contribution in [2.45, 2.75) is 92.6 Å². The van der Waals surface area contributed by atoms with Crippen molar-refractivity contribution >= 4 is 29.2 Å². The predicted molar refractivity (Wildman–Crippen MR) is 161 cm³/mol. The number of likely N-dealkylation sites (tertiary alicyclic amines) is 1. The van der Waals surface area contributed by atoms with Crippen LogP contribution in [0.5, 0.6) is 0 Å². The molecule has 9 heteroatoms. The van der Waals surface area contributed by atoms with Gasteiger partial charge in [0.2, 0.25) is 5.95 Å². The number of carboxylic acid groups (broad SMARTS) is 1. The number of nitrogen functional groups attached to an aromatic ring is 1. The molecule has 222 valence electrons. The van der Waals surface area contributed by atoms with Crippen molar-refractivity contribution in [3.63, 3.8) is 0 Å². The zero-order chi connectivity index (χ0) is 30.2. The van der Waals surface area contributed by atoms with Gasteiger partial charge in [-0.1, -0.05) is 77.9 Å². The van der Waals surface area contributed by atoms with E-state index in [-0.39, 0.29) is 29.6 Å². The zero-order valence-corrected chi connectivity index (χ0v) is 25.5. The Labute approximate surface area is 243 Å². The molecule has 1 aliphatic heterocycles. The monoisotopic (exact) mass is 563 g/mol. The van der Waals surface area contributed by atoms with Crippen LogP contribution in [0.2, 0.25) is 0 Å². The van der Waals surface area contributed by atoms with E-state index in [9.17, 15) is 14.7 Å². The first-order valence-electron chi connectivity index (χ1n) is 14.4. The number of fused-ring (bicyclic) bond motifs is 1. The van der Waals surface area contributed by atoms with E-state index in [1.54, 1.807) is 9.80 Å². The Balaban J connectivity index is 1.62. The van der Waals surface area contributed by atoms with Crippen molar-refractivity contribution in [1.29, 1.82) is 0 Å². The largest absolute Gasteiger partial charge is 0.465 e. The summed E-state index contributed by atoms with van der Waals surface area (Å²) in [6, 6.07) is 15.5. The molecule has 0 bridgehead atoms. The van der Waals surface area contributed by atoms with Crippen LogP contribution in [0.1, 0.15) is 72.4 Å². The summed E-state index contributed by atoms with van der Waals surface area (Å²) in [5.74, 6) is 0.347. The first-order valence-corrected chi connectivity index (χ1v) is 14.4. The Kier molecular flexibility index (Phi) is 8.30. The third-order valence-electron chi connectivity index (χ3n) is 8.89. The highest BCUT2D eigenvalue weighted by Gasteiger charge is 2.52. The summed E-state index contributed by atoms with van der Waals surface area (Å²) >= 11 is 0. The Hall–Kier alpha value is -3.75. The second-order valence-corrected chi connectivity index (χ2v) is 13.4. The summed E-state index contributed by atoms with van der Waals surface area (Å²) in [5.41, 5.74) is 8.77. The molecule has 9 nitrogen and oxygen atoms in total. The van der Waals surface area contributed by atoms with E-state index in [0.717, 1.165) is 29.5 Å². The molecule has 3 N–H and O–H groups in total. The molecule has 1 saturated heterocycles. The normalized spacial score (nSPS) is 18.5. The van der Waals surface area contributed by atoms with Gasteiger partial charge in [0.15, 0.2) is 0 Å². The van der Waals surface area contributed by atoms with Gasteiger partial charge in [0, 0.05) is 19.1 Å². The molecule has 3 aromatic rings. The molecular weight excluding hydrogens is 518 g/mol. The van der Waals surface area contributed by atoms with Gasteiger partial charge in [-0.05, 0) is 53.9 Å². The maximum absolute atomic E-state index is 13.4. The van der Waals surface area contributed by atoms with Gasteiger partial charge in [0.25, 0.3) is 0 Å². The number of carbonyl (C=O) groups is 2. The van der Waals surface area contributed by atoms with Crippen molar-refractivity contribution in [3.8, 4) is 0 Å². The molecule has 0 radical (unpaired) electrons. The first-order chi connectivity index (χ1) is 19.1. The molecule has 2 heterocycles. The summed E-state index contributed by atoms with van der Waals surface area (Å²) in [5, 5.41) is 10.0. The number of hydrogen-bond acceptors (Lipinski definition) is 5. The van der Waals surface area contributed by atoms with Crippen LogP contribution in [0.4, 0.5) is 15.5 Å². The number of aromatic nitrogens is 2. The minimum Gasteiger partial charge on any atom is -0.465 e. The molecule has 41 heavy (non-hydrogen) atoms. The highest BCUT2D eigenvalue weighted by atomic mass is 16.6. The predicted octanol–water partition coefficient (Wildman–Crippen LogP) is 6.75. The number of nitrogens with two attached hydrogens (primary N) is 1. The molecule has 2 atom stereocenters. The summed E-state index contributed by atoms with van der Waals surface area (Å²) < 4.78 is 7.67. The number of benzene rings is 2. The van der Waals surface area contributed by atoms with E-state index in [1.165, 1.54) is 0 Å². The lowest BCUT2D eigenvalue weighted by Crippen LogP contribution is -2.57. The van der Waals surface area contributed by atoms with E-state index in [2.05, 4.69) is 46.5 Å². The number of carbonyl (C=O) groups excluding carboxylic acids is 1. The van der Waals surface area contributed by atoms with Crippen molar-refractivity contribution in [2.24, 2.45) is 10.8 Å². The molecule has 1 aromatic heterocycles. The van der Waals surface area contributed by atoms with E-state index >= 15 is 0 Å². The smallest absolute Gasteiger partial charge is 0.410 e. The molecule has 2 amide bonds. The number of imidazole rings is 1. The van der Waals surface area contributed by atoms with Gasteiger partial charge in [-0.3, -0.25) is 0 Å². The quantitative estimate of drug-likeness (QED) is 0.329. The van der Waals surface area contributed by atoms with Crippen LogP contribution in [0, 0.1) is 10.8 Å². The second-order valence-electron chi connectivity index (χ2n) is 13.4. The lowest BCUT2D eigenvalue weighted by molar-refractivity contribution is 0.0189. The standard InChI is InChI=1S/C32H45N5O4/c1-22(30(2,3)4)35(29(40)41-20-23-12-9-8-10-13-23)19-24-14-15-26-25(18-24)34-27(33)36(26)21-32(31(5,6)7)16-11-17-37(32)28(38)39/h8-10,12-15,18,22H,11,16-17,19-21H2,1-7H3,(H2,33,34)(H,38,39)/t22-,32?/m0/s1. The van der Waals surface area contributed by atoms with Gasteiger partial charge >= 0.3 is 12.2 Å². The van der Waals surface area contributed by atoms with Gasteiger partial charge in [-0.15, -0.1) is 0 Å². The number of nitrogens with zero attached hydrogens (tertiary/aromatic N) is 4. The van der Waals surface area contributed by atoms with Gasteiger partial charge in [0.05, 0.1) is 23.1 Å². The summed E-state index contributed by atoms with van der Waals surface area (Å²) in [4.78, 5) is 33.6. The Morgan fingerprint density at radius 1 is 1.10 bits per heavy atom. The molecule has 0 aliphatic carbocycles. The fraction of sp³-hybridized carbons (Fsp3) is 0.531. The van der Waals surface area contributed by atoms with Gasteiger partial charge in [0.1, 0.15) is 6.61 Å². The molecule has 1 unspecified atom stereocenters. The van der Waals surface area contributed by atoms with Crippen molar-refractivity contribution in [1.82, 2.24) is 19.4 Å². The molecule has 4 rings (SSSR count). The van der Waals surface area contributed by atoms with Crippen molar-refractivity contribution in [2.75, 3.05) is 12.3 Å². The van der Waals surface area contributed by atoms with Crippen LogP contribution in [0.15, 0.2) is 48.5 Å². The first kappa shape index (κ1) is 30.2. The third kappa shape index (κ3) is 6.14. The van der Waals surface area contributed by atoms with Gasteiger partial charge in [-0.2, -0.15) is 0 Å². The lowest BCUT2D eigenvalue weighted by Gasteiger charge is -2.47. The van der Waals surface area contributed by atoms with Crippen LogP contribution in [0.25, 0.3) is 11.0 Å². The second kappa shape index (κ2) is 11.3. The minimum absolute atomic E-state index is 0.0971. The summed E-state index contributed by atoms with van der Waals surface area (Å²) in [6.45, 7) is 16.1. The summed E-state index contributed by atoms with van der Waals surface area (Å²) in [6.07, 6.45) is 0.283. The third-order valence-corrected chi connectivity index (χ3v) is 8.89. The topological polar surface area (TPSA) is 114 Å². The fourth-order valence-electron chi connectivity index (χ4n) is 5.88. The molecular formula is C32H45N5O4. The molecule has 1 fully saturated rings. The van der Waals surface area contributed by atoms with Crippen molar-refractivity contribution < 1.29 is 19.4 Å². The van der Waals surface area contributed by atoms with Gasteiger partial charge < -0.3 is 29.9 Å². The van der Waals surface area contributed by atoms with Crippen LogP contribution < -0.4 is 5.73 Å². The highest BCUT2D eigenvalue weighted by Crippen LogP contribution is 2.46. The average Bonchev–Trinajstić information content (AvgIpc) is 3.47. The zero-order valence-electron chi connectivity index (χ0n) is 25.5. The Bertz CT molecular complexity index is 1390. The van der Waals surface area contributed by atoms with Gasteiger partial charge in [-0.25, -0.2) is 14.6 Å². The average molecular weight is 564 g/mol. The minimum atomic E-state index is -0.907. The van der Waals surface area contributed by atoms with E-state index in [4.69, 9.17) is 10.5 Å². The van der Waals surface area contributed by atoms with Crippen LogP contribution in [-0.4, -0.2) is 54.8 Å². The number of hydrogen-bond donors (Lipinski definition) is 2. The maximum atomic E-state index is 13.4. The van der Waals surface area contributed by atoms with Crippen molar-refractivity contribution in [3.05, 3.63) is 59.7 Å². The van der Waals surface area contributed by atoms with Crippen LogP contribution >= 0.6 is 0 Å². The number of rotatable bonds is 7. The number of anilines is 1.